The summed E-state index contributed by atoms with van der Waals surface area (Å²) < 4.78 is 6.79. The molecule has 1 aromatic heterocycles. The number of aliphatic carboxylic acids is 1. The molecule has 0 atom stereocenters. The molecule has 0 amide bonds. The molecule has 0 unspecified atom stereocenters. The SMILES string of the molecule is CO/C(=C\C=C\c1cc2ccccc2n1C)C(=O)O. The highest BCUT2D eigenvalue weighted by atomic mass is 16.5. The highest BCUT2D eigenvalue weighted by molar-refractivity contribution is 5.85. The van der Waals surface area contributed by atoms with E-state index in [9.17, 15) is 4.79 Å². The summed E-state index contributed by atoms with van der Waals surface area (Å²) in [6.45, 7) is 0. The molecule has 1 heterocycles. The highest BCUT2D eigenvalue weighted by Gasteiger charge is 2.04. The lowest BCUT2D eigenvalue weighted by Gasteiger charge is -1.99. The largest absolute Gasteiger partial charge is 0.490 e. The minimum absolute atomic E-state index is 0.0879. The summed E-state index contributed by atoms with van der Waals surface area (Å²) in [6.07, 6.45) is 4.95. The van der Waals surface area contributed by atoms with Gasteiger partial charge in [-0.05, 0) is 24.3 Å². The van der Waals surface area contributed by atoms with E-state index < -0.39 is 5.97 Å². The van der Waals surface area contributed by atoms with Gasteiger partial charge < -0.3 is 14.4 Å². The summed E-state index contributed by atoms with van der Waals surface area (Å²) in [7, 11) is 3.31. The molecular formula is C15H15NO3. The number of para-hydroxylation sites is 1. The molecule has 0 aliphatic carbocycles. The third-order valence-electron chi connectivity index (χ3n) is 2.93. The summed E-state index contributed by atoms with van der Waals surface area (Å²) in [4.78, 5) is 10.7. The average Bonchev–Trinajstić information content (AvgIpc) is 2.72. The van der Waals surface area contributed by atoms with Gasteiger partial charge in [0, 0.05) is 23.6 Å². The number of ether oxygens (including phenoxy) is 1. The zero-order valence-electron chi connectivity index (χ0n) is 10.8. The Bertz CT molecular complexity index is 665. The molecule has 19 heavy (non-hydrogen) atoms. The van der Waals surface area contributed by atoms with Crippen molar-refractivity contribution in [3.8, 4) is 0 Å². The maximum Gasteiger partial charge on any atom is 0.371 e. The number of carboxylic acids is 1. The number of hydrogen-bond acceptors (Lipinski definition) is 2. The van der Waals surface area contributed by atoms with Crippen molar-refractivity contribution in [2.75, 3.05) is 7.11 Å². The molecule has 0 saturated heterocycles. The summed E-state index contributed by atoms with van der Waals surface area (Å²) in [5, 5.41) is 9.96. The fraction of sp³-hybridized carbons (Fsp3) is 0.133. The molecule has 4 heteroatoms. The van der Waals surface area contributed by atoms with Crippen LogP contribution in [0.25, 0.3) is 17.0 Å². The Balaban J connectivity index is 2.31. The van der Waals surface area contributed by atoms with Gasteiger partial charge in [0.15, 0.2) is 0 Å². The van der Waals surface area contributed by atoms with Gasteiger partial charge in [0.1, 0.15) is 0 Å². The Kier molecular flexibility index (Phi) is 3.71. The van der Waals surface area contributed by atoms with E-state index in [-0.39, 0.29) is 5.76 Å². The number of hydrogen-bond donors (Lipinski definition) is 1. The van der Waals surface area contributed by atoms with Crippen LogP contribution in [-0.4, -0.2) is 22.8 Å². The lowest BCUT2D eigenvalue weighted by Crippen LogP contribution is -2.01. The molecule has 1 N–H and O–H groups in total. The predicted octanol–water partition coefficient (Wildman–Crippen LogP) is 2.81. The Morgan fingerprint density at radius 3 is 2.74 bits per heavy atom. The average molecular weight is 257 g/mol. The fourth-order valence-electron chi connectivity index (χ4n) is 1.93. The molecule has 2 rings (SSSR count). The number of carbonyl (C=O) groups is 1. The first kappa shape index (κ1) is 13.0. The summed E-state index contributed by atoms with van der Waals surface area (Å²) in [6, 6.07) is 10.1. The molecule has 0 aliphatic rings. The van der Waals surface area contributed by atoms with E-state index in [1.54, 1.807) is 6.08 Å². The zero-order chi connectivity index (χ0) is 13.8. The van der Waals surface area contributed by atoms with Crippen molar-refractivity contribution in [3.05, 3.63) is 53.9 Å². The second-order valence-corrected chi connectivity index (χ2v) is 4.09. The number of nitrogens with zero attached hydrogens (tertiary/aromatic N) is 1. The smallest absolute Gasteiger partial charge is 0.371 e. The van der Waals surface area contributed by atoms with Crippen molar-refractivity contribution < 1.29 is 14.6 Å². The first-order valence-electron chi connectivity index (χ1n) is 5.83. The lowest BCUT2D eigenvalue weighted by molar-refractivity contribution is -0.136. The summed E-state index contributed by atoms with van der Waals surface area (Å²) in [5.41, 5.74) is 2.13. The molecule has 0 radical (unpaired) electrons. The first-order chi connectivity index (χ1) is 9.13. The van der Waals surface area contributed by atoms with E-state index >= 15 is 0 Å². The van der Waals surface area contributed by atoms with Gasteiger partial charge in [-0.2, -0.15) is 0 Å². The molecule has 4 nitrogen and oxygen atoms in total. The van der Waals surface area contributed by atoms with Crippen molar-refractivity contribution in [3.63, 3.8) is 0 Å². The van der Waals surface area contributed by atoms with Gasteiger partial charge in [0.25, 0.3) is 0 Å². The van der Waals surface area contributed by atoms with Gasteiger partial charge in [-0.15, -0.1) is 0 Å². The van der Waals surface area contributed by atoms with Gasteiger partial charge in [0.2, 0.25) is 5.76 Å². The predicted molar refractivity (Wildman–Crippen MR) is 74.7 cm³/mol. The molecule has 0 bridgehead atoms. The Morgan fingerprint density at radius 2 is 2.11 bits per heavy atom. The van der Waals surface area contributed by atoms with Crippen molar-refractivity contribution in [1.29, 1.82) is 0 Å². The number of benzene rings is 1. The number of fused-ring (bicyclic) bond motifs is 1. The van der Waals surface area contributed by atoms with Crippen LogP contribution < -0.4 is 0 Å². The molecule has 0 fully saturated rings. The second-order valence-electron chi connectivity index (χ2n) is 4.09. The highest BCUT2D eigenvalue weighted by Crippen LogP contribution is 2.19. The van der Waals surface area contributed by atoms with Gasteiger partial charge >= 0.3 is 5.97 Å². The van der Waals surface area contributed by atoms with E-state index in [2.05, 4.69) is 0 Å². The van der Waals surface area contributed by atoms with Gasteiger partial charge in [-0.1, -0.05) is 24.3 Å². The number of rotatable bonds is 4. The molecule has 1 aromatic carbocycles. The van der Waals surface area contributed by atoms with E-state index in [1.807, 2.05) is 48.0 Å². The van der Waals surface area contributed by atoms with E-state index in [4.69, 9.17) is 9.84 Å². The first-order valence-corrected chi connectivity index (χ1v) is 5.83. The van der Waals surface area contributed by atoms with Crippen LogP contribution in [0.1, 0.15) is 5.69 Å². The third kappa shape index (κ3) is 2.68. The number of methoxy groups -OCH3 is 1. The van der Waals surface area contributed by atoms with Crippen LogP contribution >= 0.6 is 0 Å². The van der Waals surface area contributed by atoms with Crippen LogP contribution in [-0.2, 0) is 16.6 Å². The number of aryl methyl sites for hydroxylation is 1. The van der Waals surface area contributed by atoms with E-state index in [0.717, 1.165) is 16.6 Å². The molecule has 0 aliphatic heterocycles. The minimum atomic E-state index is -1.08. The quantitative estimate of drug-likeness (QED) is 0.520. The van der Waals surface area contributed by atoms with Gasteiger partial charge in [-0.25, -0.2) is 4.79 Å². The van der Waals surface area contributed by atoms with Crippen LogP contribution in [0.4, 0.5) is 0 Å². The maximum atomic E-state index is 10.7. The summed E-state index contributed by atoms with van der Waals surface area (Å²) >= 11 is 0. The van der Waals surface area contributed by atoms with Gasteiger partial charge in [-0.3, -0.25) is 0 Å². The van der Waals surface area contributed by atoms with Crippen LogP contribution in [0.15, 0.2) is 48.2 Å². The Labute approximate surface area is 111 Å². The molecule has 98 valence electrons. The van der Waals surface area contributed by atoms with Crippen LogP contribution in [0.2, 0.25) is 0 Å². The van der Waals surface area contributed by atoms with Crippen LogP contribution in [0.5, 0.6) is 0 Å². The van der Waals surface area contributed by atoms with Crippen molar-refractivity contribution in [2.45, 2.75) is 0 Å². The number of carboxylic acid groups (broad SMARTS) is 1. The Morgan fingerprint density at radius 1 is 1.37 bits per heavy atom. The fourth-order valence-corrected chi connectivity index (χ4v) is 1.93. The minimum Gasteiger partial charge on any atom is -0.490 e. The molecule has 0 spiro atoms. The lowest BCUT2D eigenvalue weighted by atomic mass is 10.2. The number of aromatic nitrogens is 1. The van der Waals surface area contributed by atoms with Crippen molar-refractivity contribution in [2.24, 2.45) is 7.05 Å². The third-order valence-corrected chi connectivity index (χ3v) is 2.93. The summed E-state index contributed by atoms with van der Waals surface area (Å²) in [5.74, 6) is -1.17. The Hall–Kier alpha value is -2.49. The second kappa shape index (κ2) is 5.44. The topological polar surface area (TPSA) is 51.5 Å². The standard InChI is InChI=1S/C15H15NO3/c1-16-12(7-5-9-14(19-2)15(17)18)10-11-6-3-4-8-13(11)16/h3-10H,1-2H3,(H,17,18)/b7-5+,14-9-. The monoisotopic (exact) mass is 257 g/mol. The van der Waals surface area contributed by atoms with E-state index in [0.29, 0.717) is 0 Å². The van der Waals surface area contributed by atoms with Crippen LogP contribution in [0, 0.1) is 0 Å². The molecular weight excluding hydrogens is 242 g/mol. The van der Waals surface area contributed by atoms with Crippen molar-refractivity contribution in [1.82, 2.24) is 4.57 Å². The van der Waals surface area contributed by atoms with Crippen LogP contribution in [0.3, 0.4) is 0 Å². The maximum absolute atomic E-state index is 10.7. The van der Waals surface area contributed by atoms with Crippen molar-refractivity contribution >= 4 is 22.9 Å². The zero-order valence-corrected chi connectivity index (χ0v) is 10.8. The molecule has 0 saturated carbocycles. The van der Waals surface area contributed by atoms with E-state index in [1.165, 1.54) is 13.2 Å². The normalized spacial score (nSPS) is 12.2. The van der Waals surface area contributed by atoms with Gasteiger partial charge in [0.05, 0.1) is 7.11 Å². The molecule has 2 aromatic rings. The number of allylic oxidation sites excluding steroid dienone is 2.